The van der Waals surface area contributed by atoms with E-state index < -0.39 is 16.5 Å². The van der Waals surface area contributed by atoms with Crippen LogP contribution in [0.3, 0.4) is 0 Å². The topological polar surface area (TPSA) is 99.6 Å². The summed E-state index contributed by atoms with van der Waals surface area (Å²) in [5, 5.41) is -0.351. The molecule has 1 saturated heterocycles. The molecule has 7 nitrogen and oxygen atoms in total. The van der Waals surface area contributed by atoms with Gasteiger partial charge in [-0.1, -0.05) is 67.2 Å². The molecule has 3 aromatic rings. The quantitative estimate of drug-likeness (QED) is 0.231. The summed E-state index contributed by atoms with van der Waals surface area (Å²) in [6.45, 7) is 1.86. The summed E-state index contributed by atoms with van der Waals surface area (Å²) >= 11 is 0.732. The van der Waals surface area contributed by atoms with Crippen molar-refractivity contribution in [1.29, 1.82) is 0 Å². The molecule has 0 unspecified atom stereocenters. The van der Waals surface area contributed by atoms with Crippen LogP contribution in [-0.2, 0) is 38.6 Å². The van der Waals surface area contributed by atoms with Crippen LogP contribution in [0.2, 0.25) is 0 Å². The number of nitrogens with zero attached hydrogens (tertiary/aromatic N) is 1. The Hall–Kier alpha value is -3.78. The number of ketones is 2. The lowest BCUT2D eigenvalue weighted by molar-refractivity contribution is -0.150. The highest BCUT2D eigenvalue weighted by Gasteiger charge is 2.54. The van der Waals surface area contributed by atoms with Crippen LogP contribution in [0, 0.1) is 0 Å². The summed E-state index contributed by atoms with van der Waals surface area (Å²) in [5.41, 5.74) is 2.83. The van der Waals surface area contributed by atoms with Crippen molar-refractivity contribution in [3.63, 3.8) is 0 Å². The Bertz CT molecular complexity index is 1260. The fraction of sp³-hybridized carbons (Fsp3) is 0.250. The van der Waals surface area contributed by atoms with E-state index in [-0.39, 0.29) is 37.0 Å². The minimum Gasteiger partial charge on any atom is -0.485 e. The summed E-state index contributed by atoms with van der Waals surface area (Å²) in [6, 6.07) is 19.4. The Morgan fingerprint density at radius 2 is 1.67 bits per heavy atom. The van der Waals surface area contributed by atoms with Crippen LogP contribution >= 0.6 is 11.8 Å². The van der Waals surface area contributed by atoms with E-state index in [1.165, 1.54) is 0 Å². The van der Waals surface area contributed by atoms with E-state index in [2.05, 4.69) is 4.98 Å². The molecule has 1 aliphatic heterocycles. The highest BCUT2D eigenvalue weighted by molar-refractivity contribution is 8.16. The Kier molecular flexibility index (Phi) is 7.95. The van der Waals surface area contributed by atoms with E-state index in [4.69, 9.17) is 9.47 Å². The number of aryl methyl sites for hydroxylation is 1. The second-order valence-electron chi connectivity index (χ2n) is 8.40. The van der Waals surface area contributed by atoms with E-state index in [1.54, 1.807) is 36.5 Å². The minimum absolute atomic E-state index is 0.0142. The molecule has 0 radical (unpaired) electrons. The molecule has 184 valence electrons. The second-order valence-corrected chi connectivity index (χ2v) is 9.76. The van der Waals surface area contributed by atoms with Gasteiger partial charge in [-0.3, -0.25) is 24.2 Å². The maximum Gasteiger partial charge on any atom is 0.331 e. The number of hydrogen-bond acceptors (Lipinski definition) is 8. The van der Waals surface area contributed by atoms with Gasteiger partial charge in [0.2, 0.25) is 5.78 Å². The molecule has 8 heteroatoms. The van der Waals surface area contributed by atoms with Crippen molar-refractivity contribution in [3.8, 4) is 5.75 Å². The average molecular weight is 504 g/mol. The highest BCUT2D eigenvalue weighted by atomic mass is 32.2. The molecule has 1 fully saturated rings. The molecule has 0 bridgehead atoms. The van der Waals surface area contributed by atoms with E-state index in [9.17, 15) is 19.2 Å². The van der Waals surface area contributed by atoms with Gasteiger partial charge in [0.1, 0.15) is 18.1 Å². The summed E-state index contributed by atoms with van der Waals surface area (Å²) in [4.78, 5) is 54.4. The smallest absolute Gasteiger partial charge is 0.331 e. The van der Waals surface area contributed by atoms with Gasteiger partial charge in [0, 0.05) is 12.6 Å². The fourth-order valence-electron chi connectivity index (χ4n) is 3.78. The van der Waals surface area contributed by atoms with Crippen LogP contribution < -0.4 is 4.74 Å². The Balaban J connectivity index is 1.40. The summed E-state index contributed by atoms with van der Waals surface area (Å²) in [7, 11) is 0. The molecule has 0 spiro atoms. The highest BCUT2D eigenvalue weighted by Crippen LogP contribution is 2.41. The van der Waals surface area contributed by atoms with Crippen molar-refractivity contribution in [2.45, 2.75) is 37.5 Å². The molecule has 1 aliphatic rings. The van der Waals surface area contributed by atoms with Crippen LogP contribution in [0.4, 0.5) is 0 Å². The molecule has 4 rings (SSSR count). The van der Waals surface area contributed by atoms with Gasteiger partial charge >= 0.3 is 5.97 Å². The lowest BCUT2D eigenvalue weighted by Gasteiger charge is -2.23. The zero-order chi connectivity index (χ0) is 25.5. The molecule has 36 heavy (non-hydrogen) atoms. The van der Waals surface area contributed by atoms with E-state index in [0.717, 1.165) is 29.3 Å². The molecule has 1 aromatic heterocycles. The third kappa shape index (κ3) is 5.88. The SMILES string of the molecule is CCc1ccc(C(=O)COc2ccc(C[C@@]3(C(=O)OCc4ccccc4)SC(=O)CC3=O)cc2)nc1. The number of Topliss-reactive ketones (excluding diaryl/α,β-unsaturated/α-hetero) is 2. The molecule has 0 N–H and O–H groups in total. The predicted octanol–water partition coefficient (Wildman–Crippen LogP) is 4.16. The van der Waals surface area contributed by atoms with Crippen molar-refractivity contribution in [2.75, 3.05) is 6.61 Å². The Labute approximate surface area is 213 Å². The number of carbonyl (C=O) groups excluding carboxylic acids is 4. The molecule has 2 heterocycles. The largest absolute Gasteiger partial charge is 0.485 e. The number of rotatable bonds is 10. The third-order valence-corrected chi connectivity index (χ3v) is 7.11. The molecule has 0 aliphatic carbocycles. The minimum atomic E-state index is -1.61. The van der Waals surface area contributed by atoms with Gasteiger partial charge in [0.05, 0.1) is 6.42 Å². The van der Waals surface area contributed by atoms with Gasteiger partial charge < -0.3 is 9.47 Å². The molecular formula is C28H25NO6S. The van der Waals surface area contributed by atoms with Crippen molar-refractivity contribution in [3.05, 3.63) is 95.3 Å². The van der Waals surface area contributed by atoms with Crippen LogP contribution in [-0.4, -0.2) is 39.0 Å². The molecular weight excluding hydrogens is 478 g/mol. The van der Waals surface area contributed by atoms with E-state index >= 15 is 0 Å². The van der Waals surface area contributed by atoms with Gasteiger partial charge in [0.15, 0.2) is 22.3 Å². The maximum absolute atomic E-state index is 13.0. The fourth-order valence-corrected chi connectivity index (χ4v) is 4.93. The van der Waals surface area contributed by atoms with Gasteiger partial charge in [0.25, 0.3) is 0 Å². The van der Waals surface area contributed by atoms with Crippen LogP contribution in [0.1, 0.15) is 40.5 Å². The average Bonchev–Trinajstić information content (AvgIpc) is 3.20. The zero-order valence-electron chi connectivity index (χ0n) is 19.8. The molecule has 0 amide bonds. The number of aromatic nitrogens is 1. The number of ether oxygens (including phenoxy) is 2. The number of thioether (sulfide) groups is 1. The van der Waals surface area contributed by atoms with Crippen LogP contribution in [0.5, 0.6) is 5.75 Å². The van der Waals surface area contributed by atoms with Gasteiger partial charge in [-0.05, 0) is 41.3 Å². The van der Waals surface area contributed by atoms with Crippen molar-refractivity contribution in [1.82, 2.24) is 4.98 Å². The molecule has 1 atom stereocenters. The first kappa shape index (κ1) is 25.3. The number of esters is 1. The summed E-state index contributed by atoms with van der Waals surface area (Å²) in [5.74, 6) is -0.962. The second kappa shape index (κ2) is 11.3. The number of hydrogen-bond donors (Lipinski definition) is 0. The number of carbonyl (C=O) groups is 4. The molecule has 2 aromatic carbocycles. The van der Waals surface area contributed by atoms with Crippen molar-refractivity contribution in [2.24, 2.45) is 0 Å². The number of benzene rings is 2. The third-order valence-electron chi connectivity index (χ3n) is 5.85. The van der Waals surface area contributed by atoms with Gasteiger partial charge in [-0.2, -0.15) is 0 Å². The van der Waals surface area contributed by atoms with E-state index in [0.29, 0.717) is 17.0 Å². The van der Waals surface area contributed by atoms with E-state index in [1.807, 2.05) is 43.3 Å². The predicted molar refractivity (Wildman–Crippen MR) is 135 cm³/mol. The lowest BCUT2D eigenvalue weighted by Crippen LogP contribution is -2.43. The maximum atomic E-state index is 13.0. The van der Waals surface area contributed by atoms with Gasteiger partial charge in [-0.15, -0.1) is 0 Å². The first-order chi connectivity index (χ1) is 17.4. The Morgan fingerprint density at radius 3 is 2.28 bits per heavy atom. The molecule has 0 saturated carbocycles. The summed E-state index contributed by atoms with van der Waals surface area (Å²) in [6.07, 6.45) is 2.23. The monoisotopic (exact) mass is 503 g/mol. The first-order valence-corrected chi connectivity index (χ1v) is 12.4. The Morgan fingerprint density at radius 1 is 0.944 bits per heavy atom. The lowest BCUT2D eigenvalue weighted by atomic mass is 9.93. The zero-order valence-corrected chi connectivity index (χ0v) is 20.6. The number of pyridine rings is 1. The normalized spacial score (nSPS) is 17.1. The summed E-state index contributed by atoms with van der Waals surface area (Å²) < 4.78 is 9.43. The van der Waals surface area contributed by atoms with Gasteiger partial charge in [-0.25, -0.2) is 0 Å². The van der Waals surface area contributed by atoms with Crippen molar-refractivity contribution >= 4 is 34.4 Å². The van der Waals surface area contributed by atoms with Crippen LogP contribution in [0.15, 0.2) is 72.9 Å². The van der Waals surface area contributed by atoms with Crippen molar-refractivity contribution < 1.29 is 28.7 Å². The standard InChI is InChI=1S/C28H25NO6S/c1-2-19-10-13-23(29-16-19)24(30)18-34-22-11-8-20(9-12-22)15-28(25(31)14-26(32)36-28)27(33)35-17-21-6-4-3-5-7-21/h3-13,16H,2,14-15,17-18H2,1H3/t28-/m1/s1. The van der Waals surface area contributed by atoms with Crippen LogP contribution in [0.25, 0.3) is 0 Å². The first-order valence-electron chi connectivity index (χ1n) is 11.6.